The summed E-state index contributed by atoms with van der Waals surface area (Å²) in [7, 11) is -2.43. The Morgan fingerprint density at radius 2 is 1.46 bits per heavy atom. The predicted octanol–water partition coefficient (Wildman–Crippen LogP) is 4.38. The van der Waals surface area contributed by atoms with E-state index in [0.29, 0.717) is 12.5 Å². The standard InChI is InChI=1S/C23H32O2Si/c1-19-15-16-20(24-17-19)18-25-26(23(2,3)4,21-11-7-5-8-12-21)22-13-9-6-10-14-22/h5-14,19-20H,15-18H2,1-4H3. The molecule has 0 spiro atoms. The molecule has 1 aliphatic rings. The number of benzene rings is 2. The largest absolute Gasteiger partial charge is 0.405 e. The van der Waals surface area contributed by atoms with Crippen molar-refractivity contribution in [2.24, 2.45) is 5.92 Å². The van der Waals surface area contributed by atoms with Crippen LogP contribution < -0.4 is 10.4 Å². The molecule has 2 nitrogen and oxygen atoms in total. The number of rotatable bonds is 5. The quantitative estimate of drug-likeness (QED) is 0.729. The fourth-order valence-electron chi connectivity index (χ4n) is 4.05. The van der Waals surface area contributed by atoms with Gasteiger partial charge in [-0.05, 0) is 34.2 Å². The second kappa shape index (κ2) is 8.08. The van der Waals surface area contributed by atoms with Crippen molar-refractivity contribution in [1.82, 2.24) is 0 Å². The van der Waals surface area contributed by atoms with Crippen molar-refractivity contribution in [3.63, 3.8) is 0 Å². The fraction of sp³-hybridized carbons (Fsp3) is 0.478. The number of hydrogen-bond donors (Lipinski definition) is 0. The minimum atomic E-state index is -2.43. The van der Waals surface area contributed by atoms with Gasteiger partial charge in [0, 0.05) is 6.61 Å². The van der Waals surface area contributed by atoms with E-state index < -0.39 is 8.32 Å². The molecule has 0 aromatic heterocycles. The van der Waals surface area contributed by atoms with Gasteiger partial charge in [-0.25, -0.2) is 0 Å². The zero-order valence-electron chi connectivity index (χ0n) is 16.6. The highest BCUT2D eigenvalue weighted by Gasteiger charge is 2.50. The highest BCUT2D eigenvalue weighted by molar-refractivity contribution is 6.99. The van der Waals surface area contributed by atoms with Gasteiger partial charge in [0.2, 0.25) is 0 Å². The summed E-state index contributed by atoms with van der Waals surface area (Å²) in [5, 5.41) is 2.70. The monoisotopic (exact) mass is 368 g/mol. The van der Waals surface area contributed by atoms with Crippen LogP contribution in [0.5, 0.6) is 0 Å². The van der Waals surface area contributed by atoms with Gasteiger partial charge >= 0.3 is 0 Å². The first kappa shape index (κ1) is 19.3. The fourth-order valence-corrected chi connectivity index (χ4v) is 8.64. The second-order valence-electron chi connectivity index (χ2n) is 8.61. The molecule has 1 aliphatic heterocycles. The molecule has 0 saturated carbocycles. The highest BCUT2D eigenvalue weighted by Crippen LogP contribution is 2.37. The lowest BCUT2D eigenvalue weighted by molar-refractivity contribution is -0.0351. The SMILES string of the molecule is CC1CCC(CO[Si](c2ccccc2)(c2ccccc2)C(C)(C)C)OC1. The van der Waals surface area contributed by atoms with Crippen LogP contribution in [-0.2, 0) is 9.16 Å². The Hall–Kier alpha value is -1.42. The highest BCUT2D eigenvalue weighted by atomic mass is 28.4. The minimum absolute atomic E-state index is 0.0255. The van der Waals surface area contributed by atoms with Crippen molar-refractivity contribution in [3.05, 3.63) is 60.7 Å². The van der Waals surface area contributed by atoms with Gasteiger partial charge in [-0.1, -0.05) is 88.4 Å². The third-order valence-electron chi connectivity index (χ3n) is 5.50. The maximum atomic E-state index is 6.95. The van der Waals surface area contributed by atoms with Crippen LogP contribution in [0.4, 0.5) is 0 Å². The Bertz CT molecular complexity index is 631. The van der Waals surface area contributed by atoms with Gasteiger partial charge < -0.3 is 9.16 Å². The zero-order chi connectivity index (χ0) is 18.6. The molecule has 3 rings (SSSR count). The van der Waals surface area contributed by atoms with Gasteiger partial charge in [0.25, 0.3) is 8.32 Å². The molecular weight excluding hydrogens is 336 g/mol. The lowest BCUT2D eigenvalue weighted by atomic mass is 10.0. The molecule has 0 N–H and O–H groups in total. The summed E-state index contributed by atoms with van der Waals surface area (Å²) in [6.45, 7) is 10.8. The average Bonchev–Trinajstić information content (AvgIpc) is 2.64. The lowest BCUT2D eigenvalue weighted by Crippen LogP contribution is -2.67. The smallest absolute Gasteiger partial charge is 0.261 e. The lowest BCUT2D eigenvalue weighted by Gasteiger charge is -2.44. The van der Waals surface area contributed by atoms with Crippen LogP contribution in [0.1, 0.15) is 40.5 Å². The first-order valence-electron chi connectivity index (χ1n) is 9.80. The van der Waals surface area contributed by atoms with E-state index in [2.05, 4.69) is 88.4 Å². The maximum Gasteiger partial charge on any atom is 0.261 e. The van der Waals surface area contributed by atoms with Crippen LogP contribution in [0, 0.1) is 5.92 Å². The molecule has 0 bridgehead atoms. The van der Waals surface area contributed by atoms with Gasteiger partial charge in [-0.2, -0.15) is 0 Å². The predicted molar refractivity (Wildman–Crippen MR) is 112 cm³/mol. The molecule has 2 aromatic carbocycles. The third-order valence-corrected chi connectivity index (χ3v) is 10.5. The second-order valence-corrected chi connectivity index (χ2v) is 12.9. The van der Waals surface area contributed by atoms with Crippen molar-refractivity contribution >= 4 is 18.7 Å². The summed E-state index contributed by atoms with van der Waals surface area (Å²) < 4.78 is 13.0. The van der Waals surface area contributed by atoms with Gasteiger partial charge in [0.1, 0.15) is 0 Å². The van der Waals surface area contributed by atoms with Crippen LogP contribution in [0.15, 0.2) is 60.7 Å². The van der Waals surface area contributed by atoms with E-state index in [0.717, 1.165) is 13.0 Å². The van der Waals surface area contributed by atoms with Crippen molar-refractivity contribution in [1.29, 1.82) is 0 Å². The van der Waals surface area contributed by atoms with Gasteiger partial charge in [-0.3, -0.25) is 0 Å². The Morgan fingerprint density at radius 3 is 1.88 bits per heavy atom. The summed E-state index contributed by atoms with van der Waals surface area (Å²) >= 11 is 0. The van der Waals surface area contributed by atoms with Crippen molar-refractivity contribution in [2.75, 3.05) is 13.2 Å². The van der Waals surface area contributed by atoms with Gasteiger partial charge in [-0.15, -0.1) is 0 Å². The molecular formula is C23H32O2Si. The van der Waals surface area contributed by atoms with E-state index in [-0.39, 0.29) is 11.1 Å². The van der Waals surface area contributed by atoms with Crippen LogP contribution >= 0.6 is 0 Å². The van der Waals surface area contributed by atoms with Crippen molar-refractivity contribution in [3.8, 4) is 0 Å². The zero-order valence-corrected chi connectivity index (χ0v) is 17.6. The first-order chi connectivity index (χ1) is 12.4. The molecule has 3 heteroatoms. The topological polar surface area (TPSA) is 18.5 Å². The molecule has 0 aliphatic carbocycles. The minimum Gasteiger partial charge on any atom is -0.405 e. The molecule has 26 heavy (non-hydrogen) atoms. The molecule has 2 unspecified atom stereocenters. The molecule has 2 atom stereocenters. The van der Waals surface area contributed by atoms with Crippen LogP contribution in [0.3, 0.4) is 0 Å². The average molecular weight is 369 g/mol. The molecule has 0 amide bonds. The molecule has 1 fully saturated rings. The molecule has 2 aromatic rings. The van der Waals surface area contributed by atoms with Crippen LogP contribution in [0.25, 0.3) is 0 Å². The van der Waals surface area contributed by atoms with Crippen molar-refractivity contribution < 1.29 is 9.16 Å². The summed E-state index contributed by atoms with van der Waals surface area (Å²) in [6, 6.07) is 21.7. The molecule has 1 saturated heterocycles. The van der Waals surface area contributed by atoms with E-state index in [1.165, 1.54) is 16.8 Å². The Morgan fingerprint density at radius 1 is 0.923 bits per heavy atom. The summed E-state index contributed by atoms with van der Waals surface area (Å²) in [4.78, 5) is 0. The summed E-state index contributed by atoms with van der Waals surface area (Å²) in [6.07, 6.45) is 2.54. The van der Waals surface area contributed by atoms with E-state index >= 15 is 0 Å². The number of hydrogen-bond acceptors (Lipinski definition) is 2. The Kier molecular flexibility index (Phi) is 6.01. The molecule has 140 valence electrons. The van der Waals surface area contributed by atoms with Crippen LogP contribution in [0.2, 0.25) is 5.04 Å². The third kappa shape index (κ3) is 3.95. The van der Waals surface area contributed by atoms with E-state index in [1.807, 2.05) is 0 Å². The summed E-state index contributed by atoms with van der Waals surface area (Å²) in [5.41, 5.74) is 0. The Labute approximate surface area is 159 Å². The molecule has 1 heterocycles. The van der Waals surface area contributed by atoms with Gasteiger partial charge in [0.15, 0.2) is 0 Å². The van der Waals surface area contributed by atoms with Crippen LogP contribution in [-0.4, -0.2) is 27.6 Å². The summed E-state index contributed by atoms with van der Waals surface area (Å²) in [5.74, 6) is 0.666. The van der Waals surface area contributed by atoms with Gasteiger partial charge in [0.05, 0.1) is 12.7 Å². The normalized spacial score (nSPS) is 21.5. The van der Waals surface area contributed by atoms with E-state index in [1.54, 1.807) is 0 Å². The van der Waals surface area contributed by atoms with E-state index in [9.17, 15) is 0 Å². The van der Waals surface area contributed by atoms with Crippen molar-refractivity contribution in [2.45, 2.75) is 51.7 Å². The number of ether oxygens (including phenoxy) is 1. The van der Waals surface area contributed by atoms with E-state index in [4.69, 9.17) is 9.16 Å². The maximum absolute atomic E-state index is 6.95. The molecule has 0 radical (unpaired) electrons. The first-order valence-corrected chi connectivity index (χ1v) is 11.7. The Balaban J connectivity index is 1.97.